The third kappa shape index (κ3) is 8.48. The van der Waals surface area contributed by atoms with Crippen LogP contribution in [-0.4, -0.2) is 0 Å². The first kappa shape index (κ1) is 18.5. The van der Waals surface area contributed by atoms with Crippen LogP contribution in [0.1, 0.15) is 89.2 Å². The number of halogens is 1. The van der Waals surface area contributed by atoms with E-state index in [2.05, 4.69) is 6.92 Å². The summed E-state index contributed by atoms with van der Waals surface area (Å²) >= 11 is 6.17. The fourth-order valence-corrected chi connectivity index (χ4v) is 3.06. The number of rotatable bonds is 12. The fraction of sp³-hybridized carbons (Fsp3) is 0.684. The van der Waals surface area contributed by atoms with E-state index in [1.165, 1.54) is 64.2 Å². The molecule has 0 heterocycles. The third-order valence-corrected chi connectivity index (χ3v) is 4.52. The van der Waals surface area contributed by atoms with Gasteiger partial charge in [0.25, 0.3) is 0 Å². The molecule has 0 aliphatic rings. The molecule has 120 valence electrons. The molecule has 0 saturated carbocycles. The van der Waals surface area contributed by atoms with Gasteiger partial charge in [0.2, 0.25) is 0 Å². The lowest BCUT2D eigenvalue weighted by Crippen LogP contribution is -2.10. The van der Waals surface area contributed by atoms with Crippen molar-refractivity contribution in [3.8, 4) is 0 Å². The zero-order chi connectivity index (χ0) is 15.3. The molecule has 1 aromatic rings. The van der Waals surface area contributed by atoms with Crippen LogP contribution in [0.15, 0.2) is 24.3 Å². The van der Waals surface area contributed by atoms with Crippen molar-refractivity contribution < 1.29 is 0 Å². The topological polar surface area (TPSA) is 26.0 Å². The summed E-state index contributed by atoms with van der Waals surface area (Å²) in [7, 11) is 0. The van der Waals surface area contributed by atoms with Gasteiger partial charge in [0.05, 0.1) is 0 Å². The summed E-state index contributed by atoms with van der Waals surface area (Å²) in [6.45, 7) is 2.27. The number of unbranched alkanes of at least 4 members (excludes halogenated alkanes) is 9. The highest BCUT2D eigenvalue weighted by Crippen LogP contribution is 2.24. The van der Waals surface area contributed by atoms with Gasteiger partial charge < -0.3 is 5.73 Å². The molecule has 1 nitrogen and oxygen atoms in total. The van der Waals surface area contributed by atoms with E-state index in [1.807, 2.05) is 24.3 Å². The van der Waals surface area contributed by atoms with E-state index >= 15 is 0 Å². The van der Waals surface area contributed by atoms with Crippen LogP contribution in [0.25, 0.3) is 0 Å². The smallest absolute Gasteiger partial charge is 0.0453 e. The number of benzene rings is 1. The Morgan fingerprint density at radius 3 is 1.95 bits per heavy atom. The predicted molar refractivity (Wildman–Crippen MR) is 94.8 cm³/mol. The Kier molecular flexibility index (Phi) is 10.6. The van der Waals surface area contributed by atoms with Crippen molar-refractivity contribution >= 4 is 11.6 Å². The summed E-state index contributed by atoms with van der Waals surface area (Å²) in [4.78, 5) is 0. The molecule has 1 rings (SSSR count). The van der Waals surface area contributed by atoms with Crippen LogP contribution in [-0.2, 0) is 0 Å². The van der Waals surface area contributed by atoms with Gasteiger partial charge in [0, 0.05) is 11.1 Å². The molecule has 0 saturated heterocycles. The first-order valence-electron chi connectivity index (χ1n) is 8.75. The lowest BCUT2D eigenvalue weighted by molar-refractivity contribution is 0.529. The minimum Gasteiger partial charge on any atom is -0.324 e. The summed E-state index contributed by atoms with van der Waals surface area (Å²) in [5, 5.41) is 0.803. The predicted octanol–water partition coefficient (Wildman–Crippen LogP) is 6.65. The normalized spacial score (nSPS) is 12.5. The molecule has 0 aromatic heterocycles. The summed E-state index contributed by atoms with van der Waals surface area (Å²) in [6.07, 6.45) is 14.7. The summed E-state index contributed by atoms with van der Waals surface area (Å²) in [5.74, 6) is 0. The van der Waals surface area contributed by atoms with Crippen LogP contribution in [0.2, 0.25) is 5.02 Å². The van der Waals surface area contributed by atoms with Gasteiger partial charge in [-0.05, 0) is 18.1 Å². The van der Waals surface area contributed by atoms with Gasteiger partial charge in [0.15, 0.2) is 0 Å². The molecular weight excluding hydrogens is 278 g/mol. The lowest BCUT2D eigenvalue weighted by atomic mass is 10.00. The van der Waals surface area contributed by atoms with Crippen LogP contribution in [0.4, 0.5) is 0 Å². The van der Waals surface area contributed by atoms with E-state index in [4.69, 9.17) is 17.3 Å². The standard InChI is InChI=1S/C19H32ClN/c1-2-3-4-5-6-7-8-9-10-11-16-19(21)17-14-12-13-15-18(17)20/h12-15,19H,2-11,16,21H2,1H3. The van der Waals surface area contributed by atoms with E-state index < -0.39 is 0 Å². The van der Waals surface area contributed by atoms with Crippen molar-refractivity contribution in [2.24, 2.45) is 5.73 Å². The Balaban J connectivity index is 1.98. The average molecular weight is 310 g/mol. The molecule has 1 aromatic carbocycles. The maximum absolute atomic E-state index is 6.22. The monoisotopic (exact) mass is 309 g/mol. The third-order valence-electron chi connectivity index (χ3n) is 4.17. The van der Waals surface area contributed by atoms with E-state index in [0.717, 1.165) is 17.0 Å². The highest BCUT2D eigenvalue weighted by molar-refractivity contribution is 6.31. The van der Waals surface area contributed by atoms with Crippen LogP contribution in [0.3, 0.4) is 0 Å². The molecule has 2 N–H and O–H groups in total. The summed E-state index contributed by atoms with van der Waals surface area (Å²) in [5.41, 5.74) is 7.31. The van der Waals surface area contributed by atoms with Gasteiger partial charge in [-0.1, -0.05) is 101 Å². The van der Waals surface area contributed by atoms with Crippen molar-refractivity contribution in [1.82, 2.24) is 0 Å². The van der Waals surface area contributed by atoms with Crippen molar-refractivity contribution in [2.45, 2.75) is 83.6 Å². The molecule has 0 aliphatic heterocycles. The number of hydrogen-bond acceptors (Lipinski definition) is 1. The maximum Gasteiger partial charge on any atom is 0.0453 e. The van der Waals surface area contributed by atoms with Crippen molar-refractivity contribution in [3.63, 3.8) is 0 Å². The zero-order valence-electron chi connectivity index (χ0n) is 13.6. The molecule has 0 amide bonds. The van der Waals surface area contributed by atoms with Gasteiger partial charge in [0.1, 0.15) is 0 Å². The van der Waals surface area contributed by atoms with Crippen LogP contribution in [0, 0.1) is 0 Å². The molecule has 1 unspecified atom stereocenters. The summed E-state index contributed by atoms with van der Waals surface area (Å²) in [6, 6.07) is 8.03. The molecule has 0 bridgehead atoms. The van der Waals surface area contributed by atoms with Crippen molar-refractivity contribution in [2.75, 3.05) is 0 Å². The Morgan fingerprint density at radius 2 is 1.38 bits per heavy atom. The second-order valence-electron chi connectivity index (χ2n) is 6.10. The van der Waals surface area contributed by atoms with Crippen molar-refractivity contribution in [3.05, 3.63) is 34.9 Å². The molecule has 0 spiro atoms. The van der Waals surface area contributed by atoms with E-state index in [9.17, 15) is 0 Å². The van der Waals surface area contributed by atoms with Crippen LogP contribution >= 0.6 is 11.6 Å². The zero-order valence-corrected chi connectivity index (χ0v) is 14.4. The number of nitrogens with two attached hydrogens (primary N) is 1. The van der Waals surface area contributed by atoms with E-state index in [0.29, 0.717) is 0 Å². The first-order valence-corrected chi connectivity index (χ1v) is 9.13. The Morgan fingerprint density at radius 1 is 0.857 bits per heavy atom. The quantitative estimate of drug-likeness (QED) is 0.430. The van der Waals surface area contributed by atoms with Crippen LogP contribution in [0.5, 0.6) is 0 Å². The van der Waals surface area contributed by atoms with Gasteiger partial charge >= 0.3 is 0 Å². The Hall–Kier alpha value is -0.530. The molecular formula is C19H32ClN. The molecule has 21 heavy (non-hydrogen) atoms. The number of hydrogen-bond donors (Lipinski definition) is 1. The maximum atomic E-state index is 6.22. The molecule has 2 heteroatoms. The minimum absolute atomic E-state index is 0.0905. The van der Waals surface area contributed by atoms with E-state index in [1.54, 1.807) is 0 Å². The molecule has 0 radical (unpaired) electrons. The second-order valence-corrected chi connectivity index (χ2v) is 6.51. The second kappa shape index (κ2) is 12.1. The Bertz CT molecular complexity index is 364. The largest absolute Gasteiger partial charge is 0.324 e. The molecule has 1 atom stereocenters. The van der Waals surface area contributed by atoms with Crippen LogP contribution < -0.4 is 5.73 Å². The van der Waals surface area contributed by atoms with Gasteiger partial charge in [-0.2, -0.15) is 0 Å². The molecule has 0 aliphatic carbocycles. The Labute approximate surface area is 136 Å². The minimum atomic E-state index is 0.0905. The molecule has 0 fully saturated rings. The average Bonchev–Trinajstić information content (AvgIpc) is 2.49. The fourth-order valence-electron chi connectivity index (χ4n) is 2.78. The SMILES string of the molecule is CCCCCCCCCCCCC(N)c1ccccc1Cl. The van der Waals surface area contributed by atoms with Crippen molar-refractivity contribution in [1.29, 1.82) is 0 Å². The van der Waals surface area contributed by atoms with Gasteiger partial charge in [-0.3, -0.25) is 0 Å². The van der Waals surface area contributed by atoms with E-state index in [-0.39, 0.29) is 6.04 Å². The summed E-state index contributed by atoms with van der Waals surface area (Å²) < 4.78 is 0. The lowest BCUT2D eigenvalue weighted by Gasteiger charge is -2.13. The highest BCUT2D eigenvalue weighted by Gasteiger charge is 2.08. The highest BCUT2D eigenvalue weighted by atomic mass is 35.5. The first-order chi connectivity index (χ1) is 10.3. The van der Waals surface area contributed by atoms with Gasteiger partial charge in [-0.25, -0.2) is 0 Å². The van der Waals surface area contributed by atoms with Gasteiger partial charge in [-0.15, -0.1) is 0 Å².